The molecule has 2 amide bonds. The van der Waals surface area contributed by atoms with Crippen LogP contribution in [0.1, 0.15) is 34.9 Å². The van der Waals surface area contributed by atoms with Gasteiger partial charge in [-0.2, -0.15) is 0 Å². The molecule has 0 spiro atoms. The summed E-state index contributed by atoms with van der Waals surface area (Å²) < 4.78 is 4.88. The Morgan fingerprint density at radius 3 is 3.00 bits per heavy atom. The number of hydrogen-bond acceptors (Lipinski definition) is 4. The number of carbonyl (C=O) groups excluding carboxylic acids is 2. The summed E-state index contributed by atoms with van der Waals surface area (Å²) in [5, 5.41) is 0. The largest absolute Gasteiger partial charge is 0.375 e. The summed E-state index contributed by atoms with van der Waals surface area (Å²) in [5.41, 5.74) is 6.33. The lowest BCUT2D eigenvalue weighted by Gasteiger charge is -2.32. The van der Waals surface area contributed by atoms with Crippen LogP contribution in [0, 0.1) is 0 Å². The first-order valence-electron chi connectivity index (χ1n) is 6.65. The summed E-state index contributed by atoms with van der Waals surface area (Å²) in [4.78, 5) is 29.1. The number of likely N-dealkylation sites (tertiary alicyclic amines) is 1. The summed E-state index contributed by atoms with van der Waals surface area (Å²) in [5.74, 6) is -0.401. The minimum atomic E-state index is -0.532. The molecule has 1 aliphatic heterocycles. The Morgan fingerprint density at radius 1 is 1.50 bits per heavy atom. The minimum absolute atomic E-state index is 0.0109. The van der Waals surface area contributed by atoms with Crippen LogP contribution in [0.15, 0.2) is 18.2 Å². The van der Waals surface area contributed by atoms with Gasteiger partial charge < -0.3 is 15.4 Å². The van der Waals surface area contributed by atoms with Gasteiger partial charge in [0.2, 0.25) is 5.91 Å². The number of carbonyl (C=O) groups is 2. The van der Waals surface area contributed by atoms with Crippen LogP contribution < -0.4 is 5.73 Å². The van der Waals surface area contributed by atoms with Crippen LogP contribution in [0.3, 0.4) is 0 Å². The van der Waals surface area contributed by atoms with Gasteiger partial charge in [0, 0.05) is 31.8 Å². The molecule has 0 unspecified atom stereocenters. The Morgan fingerprint density at radius 2 is 2.30 bits per heavy atom. The van der Waals surface area contributed by atoms with Crippen molar-refractivity contribution in [1.29, 1.82) is 0 Å². The van der Waals surface area contributed by atoms with Gasteiger partial charge in [-0.05, 0) is 25.0 Å². The van der Waals surface area contributed by atoms with Gasteiger partial charge in [0.05, 0.1) is 0 Å². The Labute approximate surface area is 117 Å². The molecular weight excluding hydrogens is 258 g/mol. The molecule has 108 valence electrons. The van der Waals surface area contributed by atoms with Gasteiger partial charge in [-0.3, -0.25) is 9.59 Å². The van der Waals surface area contributed by atoms with E-state index < -0.39 is 5.91 Å². The lowest BCUT2D eigenvalue weighted by molar-refractivity contribution is -0.136. The maximum Gasteiger partial charge on any atom is 0.267 e. The summed E-state index contributed by atoms with van der Waals surface area (Å²) in [6, 6.07) is 5.25. The zero-order chi connectivity index (χ0) is 14.5. The van der Waals surface area contributed by atoms with E-state index in [1.54, 1.807) is 17.0 Å². The lowest BCUT2D eigenvalue weighted by atomic mass is 9.94. The molecule has 1 atom stereocenters. The fourth-order valence-electron chi connectivity index (χ4n) is 2.48. The van der Waals surface area contributed by atoms with Gasteiger partial charge >= 0.3 is 0 Å². The van der Waals surface area contributed by atoms with Crippen LogP contribution >= 0.6 is 0 Å². The van der Waals surface area contributed by atoms with Gasteiger partial charge in [0.25, 0.3) is 5.91 Å². The molecule has 1 aromatic rings. The first kappa shape index (κ1) is 14.5. The normalized spacial score (nSPS) is 18.9. The number of piperidine rings is 1. The fraction of sp³-hybridized carbons (Fsp3) is 0.500. The second-order valence-electron chi connectivity index (χ2n) is 4.92. The van der Waals surface area contributed by atoms with Crippen molar-refractivity contribution in [3.05, 3.63) is 29.6 Å². The number of nitrogens with zero attached hydrogens (tertiary/aromatic N) is 2. The standard InChI is InChI=1S/C14H19N3O3/c1-20-9-13(18)17-7-3-4-10(8-17)11-5-2-6-12(16-11)14(15)19/h2,5-6,10H,3-4,7-9H2,1H3,(H2,15,19)/t10-/m1/s1. The molecule has 0 aliphatic carbocycles. The zero-order valence-corrected chi connectivity index (χ0v) is 11.5. The molecule has 2 heterocycles. The van der Waals surface area contributed by atoms with Crippen LogP contribution in [-0.2, 0) is 9.53 Å². The minimum Gasteiger partial charge on any atom is -0.375 e. The van der Waals surface area contributed by atoms with E-state index in [9.17, 15) is 9.59 Å². The third-order valence-electron chi connectivity index (χ3n) is 3.48. The van der Waals surface area contributed by atoms with Crippen molar-refractivity contribution in [2.75, 3.05) is 26.8 Å². The number of nitrogens with two attached hydrogens (primary N) is 1. The van der Waals surface area contributed by atoms with Crippen molar-refractivity contribution in [3.8, 4) is 0 Å². The molecule has 0 bridgehead atoms. The van der Waals surface area contributed by atoms with Crippen molar-refractivity contribution in [2.24, 2.45) is 5.73 Å². The van der Waals surface area contributed by atoms with Gasteiger partial charge in [-0.15, -0.1) is 0 Å². The maximum atomic E-state index is 11.9. The highest BCUT2D eigenvalue weighted by Crippen LogP contribution is 2.25. The van der Waals surface area contributed by atoms with Gasteiger partial charge in [-0.1, -0.05) is 6.07 Å². The molecule has 0 radical (unpaired) electrons. The van der Waals surface area contributed by atoms with E-state index in [4.69, 9.17) is 10.5 Å². The predicted octanol–water partition coefficient (Wildman–Crippen LogP) is 0.533. The first-order chi connectivity index (χ1) is 9.61. The number of rotatable bonds is 4. The molecule has 0 saturated carbocycles. The third-order valence-corrected chi connectivity index (χ3v) is 3.48. The van der Waals surface area contributed by atoms with Crippen LogP contribution in [0.4, 0.5) is 0 Å². The number of methoxy groups -OCH3 is 1. The molecule has 1 aromatic heterocycles. The number of aromatic nitrogens is 1. The average Bonchev–Trinajstić information content (AvgIpc) is 2.48. The average molecular weight is 277 g/mol. The van der Waals surface area contributed by atoms with E-state index in [0.717, 1.165) is 25.1 Å². The van der Waals surface area contributed by atoms with Crippen LogP contribution in [0.25, 0.3) is 0 Å². The number of primary amides is 1. The van der Waals surface area contributed by atoms with Crippen LogP contribution in [-0.4, -0.2) is 48.5 Å². The SMILES string of the molecule is COCC(=O)N1CCC[C@@H](c2cccc(C(N)=O)n2)C1. The second-order valence-corrected chi connectivity index (χ2v) is 4.92. The fourth-order valence-corrected chi connectivity index (χ4v) is 2.48. The van der Waals surface area contributed by atoms with Crippen molar-refractivity contribution in [1.82, 2.24) is 9.88 Å². The number of ether oxygens (including phenoxy) is 1. The highest BCUT2D eigenvalue weighted by atomic mass is 16.5. The Bertz CT molecular complexity index is 504. The van der Waals surface area contributed by atoms with Crippen LogP contribution in [0.5, 0.6) is 0 Å². The molecule has 1 aliphatic rings. The van der Waals surface area contributed by atoms with Crippen molar-refractivity contribution in [3.63, 3.8) is 0 Å². The highest BCUT2D eigenvalue weighted by molar-refractivity contribution is 5.90. The molecular formula is C14H19N3O3. The first-order valence-corrected chi connectivity index (χ1v) is 6.65. The Balaban J connectivity index is 2.10. The second kappa shape index (κ2) is 6.47. The van der Waals surface area contributed by atoms with E-state index in [0.29, 0.717) is 6.54 Å². The lowest BCUT2D eigenvalue weighted by Crippen LogP contribution is -2.41. The summed E-state index contributed by atoms with van der Waals surface area (Å²) in [7, 11) is 1.51. The van der Waals surface area contributed by atoms with E-state index in [1.807, 2.05) is 6.07 Å². The summed E-state index contributed by atoms with van der Waals surface area (Å²) in [6.07, 6.45) is 1.87. The predicted molar refractivity (Wildman–Crippen MR) is 73.2 cm³/mol. The van der Waals surface area contributed by atoms with Gasteiger partial charge in [0.1, 0.15) is 12.3 Å². The molecule has 2 rings (SSSR count). The molecule has 1 saturated heterocycles. The third kappa shape index (κ3) is 3.33. The van der Waals surface area contributed by atoms with E-state index in [-0.39, 0.29) is 24.1 Å². The molecule has 2 N–H and O–H groups in total. The van der Waals surface area contributed by atoms with E-state index in [2.05, 4.69) is 4.98 Å². The van der Waals surface area contributed by atoms with Crippen molar-refractivity contribution in [2.45, 2.75) is 18.8 Å². The summed E-state index contributed by atoms with van der Waals surface area (Å²) in [6.45, 7) is 1.45. The molecule has 6 heteroatoms. The molecule has 20 heavy (non-hydrogen) atoms. The van der Waals surface area contributed by atoms with E-state index >= 15 is 0 Å². The van der Waals surface area contributed by atoms with Crippen molar-refractivity contribution >= 4 is 11.8 Å². The molecule has 0 aromatic carbocycles. The number of hydrogen-bond donors (Lipinski definition) is 1. The van der Waals surface area contributed by atoms with Crippen molar-refractivity contribution < 1.29 is 14.3 Å². The van der Waals surface area contributed by atoms with Crippen LogP contribution in [0.2, 0.25) is 0 Å². The molecule has 1 fully saturated rings. The smallest absolute Gasteiger partial charge is 0.267 e. The van der Waals surface area contributed by atoms with E-state index in [1.165, 1.54) is 7.11 Å². The summed E-state index contributed by atoms with van der Waals surface area (Å²) >= 11 is 0. The Kier molecular flexibility index (Phi) is 4.68. The maximum absolute atomic E-state index is 11.9. The number of pyridine rings is 1. The monoisotopic (exact) mass is 277 g/mol. The van der Waals surface area contributed by atoms with Gasteiger partial charge in [0.15, 0.2) is 0 Å². The highest BCUT2D eigenvalue weighted by Gasteiger charge is 2.25. The quantitative estimate of drug-likeness (QED) is 0.870. The molecule has 6 nitrogen and oxygen atoms in total. The zero-order valence-electron chi connectivity index (χ0n) is 11.5. The number of amides is 2. The van der Waals surface area contributed by atoms with Gasteiger partial charge in [-0.25, -0.2) is 4.98 Å². The Hall–Kier alpha value is -1.95. The topological polar surface area (TPSA) is 85.5 Å².